The van der Waals surface area contributed by atoms with Gasteiger partial charge in [0.2, 0.25) is 0 Å². The summed E-state index contributed by atoms with van der Waals surface area (Å²) in [6.07, 6.45) is 13.4. The van der Waals surface area contributed by atoms with E-state index in [0.29, 0.717) is 0 Å². The van der Waals surface area contributed by atoms with Crippen LogP contribution in [0.3, 0.4) is 0 Å². The first-order valence-corrected chi connectivity index (χ1v) is 9.57. The second-order valence-electron chi connectivity index (χ2n) is 7.77. The molecule has 4 nitrogen and oxygen atoms in total. The third-order valence-electron chi connectivity index (χ3n) is 6.27. The van der Waals surface area contributed by atoms with Crippen LogP contribution in [0, 0.1) is 0 Å². The zero-order chi connectivity index (χ0) is 15.5. The molecular formula is C18H34N2O2. The Labute approximate surface area is 135 Å². The van der Waals surface area contributed by atoms with Gasteiger partial charge in [0.1, 0.15) is 11.4 Å². The molecule has 0 aromatic rings. The van der Waals surface area contributed by atoms with E-state index in [2.05, 4.69) is 9.80 Å². The standard InChI is InChI=1S/C18H34N2O2/c21-17(9-5-1-2-6-10-17)19-13-15-20(16-14-19)18(22)11-7-3-4-8-12-18/h21-22H,1-16H2. The van der Waals surface area contributed by atoms with E-state index in [-0.39, 0.29) is 0 Å². The lowest BCUT2D eigenvalue weighted by molar-refractivity contribution is -0.175. The van der Waals surface area contributed by atoms with Crippen LogP contribution in [0.2, 0.25) is 0 Å². The van der Waals surface area contributed by atoms with Crippen LogP contribution in [0.15, 0.2) is 0 Å². The molecule has 0 unspecified atom stereocenters. The monoisotopic (exact) mass is 310 g/mol. The average molecular weight is 310 g/mol. The summed E-state index contributed by atoms with van der Waals surface area (Å²) in [5, 5.41) is 22.1. The highest BCUT2D eigenvalue weighted by Gasteiger charge is 2.41. The van der Waals surface area contributed by atoms with Crippen molar-refractivity contribution >= 4 is 0 Å². The first-order chi connectivity index (χ1) is 10.6. The normalized spacial score (nSPS) is 31.4. The van der Waals surface area contributed by atoms with Crippen molar-refractivity contribution in [1.82, 2.24) is 9.80 Å². The minimum Gasteiger partial charge on any atom is -0.376 e. The van der Waals surface area contributed by atoms with Gasteiger partial charge in [0.05, 0.1) is 0 Å². The molecule has 1 aliphatic heterocycles. The quantitative estimate of drug-likeness (QED) is 0.770. The van der Waals surface area contributed by atoms with Gasteiger partial charge in [0.15, 0.2) is 0 Å². The Morgan fingerprint density at radius 1 is 0.455 bits per heavy atom. The molecule has 128 valence electrons. The summed E-state index contributed by atoms with van der Waals surface area (Å²) in [5.74, 6) is 0. The van der Waals surface area contributed by atoms with Gasteiger partial charge in [-0.2, -0.15) is 0 Å². The number of nitrogens with zero attached hydrogens (tertiary/aromatic N) is 2. The molecule has 2 aliphatic carbocycles. The van der Waals surface area contributed by atoms with Crippen LogP contribution in [0.4, 0.5) is 0 Å². The predicted octanol–water partition coefficient (Wildman–Crippen LogP) is 2.69. The lowest BCUT2D eigenvalue weighted by atomic mass is 9.98. The topological polar surface area (TPSA) is 46.9 Å². The molecule has 0 spiro atoms. The lowest BCUT2D eigenvalue weighted by Crippen LogP contribution is -2.61. The van der Waals surface area contributed by atoms with Crippen LogP contribution in [-0.2, 0) is 0 Å². The van der Waals surface area contributed by atoms with Crippen LogP contribution in [0.25, 0.3) is 0 Å². The summed E-state index contributed by atoms with van der Waals surface area (Å²) in [5.41, 5.74) is -1.15. The van der Waals surface area contributed by atoms with E-state index in [9.17, 15) is 10.2 Å². The maximum Gasteiger partial charge on any atom is 0.118 e. The van der Waals surface area contributed by atoms with E-state index in [1.54, 1.807) is 0 Å². The fourth-order valence-corrected chi connectivity index (χ4v) is 4.76. The first kappa shape index (κ1) is 16.7. The molecule has 0 bridgehead atoms. The highest BCUT2D eigenvalue weighted by Crippen LogP contribution is 2.34. The number of piperazine rings is 1. The molecule has 0 aromatic carbocycles. The van der Waals surface area contributed by atoms with Crippen LogP contribution < -0.4 is 0 Å². The van der Waals surface area contributed by atoms with Crippen LogP contribution in [0.5, 0.6) is 0 Å². The third kappa shape index (κ3) is 3.66. The van der Waals surface area contributed by atoms with Crippen molar-refractivity contribution in [3.63, 3.8) is 0 Å². The Balaban J connectivity index is 1.57. The zero-order valence-electron chi connectivity index (χ0n) is 14.1. The molecular weight excluding hydrogens is 276 g/mol. The second kappa shape index (κ2) is 7.16. The summed E-state index contributed by atoms with van der Waals surface area (Å²) >= 11 is 0. The van der Waals surface area contributed by atoms with Gasteiger partial charge < -0.3 is 10.2 Å². The van der Waals surface area contributed by atoms with Crippen molar-refractivity contribution in [2.75, 3.05) is 26.2 Å². The fraction of sp³-hybridized carbons (Fsp3) is 1.00. The number of aliphatic hydroxyl groups is 2. The fourth-order valence-electron chi connectivity index (χ4n) is 4.76. The van der Waals surface area contributed by atoms with E-state index in [4.69, 9.17) is 0 Å². The van der Waals surface area contributed by atoms with Crippen molar-refractivity contribution in [3.8, 4) is 0 Å². The molecule has 0 amide bonds. The Morgan fingerprint density at radius 3 is 1.00 bits per heavy atom. The molecule has 3 aliphatic rings. The molecule has 0 aromatic heterocycles. The SMILES string of the molecule is OC1(N2CCN(C3(O)CCCCCC3)CC2)CCCCCC1. The Morgan fingerprint density at radius 2 is 0.727 bits per heavy atom. The molecule has 2 N–H and O–H groups in total. The van der Waals surface area contributed by atoms with E-state index >= 15 is 0 Å². The van der Waals surface area contributed by atoms with Gasteiger partial charge in [-0.05, 0) is 51.4 Å². The van der Waals surface area contributed by atoms with Crippen molar-refractivity contribution in [1.29, 1.82) is 0 Å². The maximum absolute atomic E-state index is 11.0. The van der Waals surface area contributed by atoms with Crippen LogP contribution in [-0.4, -0.2) is 57.6 Å². The minimum absolute atomic E-state index is 0.575. The molecule has 3 rings (SSSR count). The van der Waals surface area contributed by atoms with Gasteiger partial charge in [-0.3, -0.25) is 9.80 Å². The predicted molar refractivity (Wildman–Crippen MR) is 88.4 cm³/mol. The average Bonchev–Trinajstić information content (AvgIpc) is 2.89. The summed E-state index contributed by atoms with van der Waals surface area (Å²) in [6, 6.07) is 0. The van der Waals surface area contributed by atoms with E-state index in [1.165, 1.54) is 25.7 Å². The van der Waals surface area contributed by atoms with Gasteiger partial charge in [-0.15, -0.1) is 0 Å². The Bertz CT molecular complexity index is 303. The summed E-state index contributed by atoms with van der Waals surface area (Å²) < 4.78 is 0. The summed E-state index contributed by atoms with van der Waals surface area (Å²) in [4.78, 5) is 4.60. The van der Waals surface area contributed by atoms with Crippen molar-refractivity contribution in [3.05, 3.63) is 0 Å². The van der Waals surface area contributed by atoms with Gasteiger partial charge in [0, 0.05) is 26.2 Å². The second-order valence-corrected chi connectivity index (χ2v) is 7.77. The van der Waals surface area contributed by atoms with Gasteiger partial charge >= 0.3 is 0 Å². The van der Waals surface area contributed by atoms with Crippen molar-refractivity contribution in [2.45, 2.75) is 88.5 Å². The Kier molecular flexibility index (Phi) is 5.43. The van der Waals surface area contributed by atoms with Crippen LogP contribution in [0.1, 0.15) is 77.0 Å². The molecule has 4 heteroatoms. The lowest BCUT2D eigenvalue weighted by Gasteiger charge is -2.49. The molecule has 0 radical (unpaired) electrons. The van der Waals surface area contributed by atoms with E-state index in [0.717, 1.165) is 77.5 Å². The first-order valence-electron chi connectivity index (χ1n) is 9.57. The van der Waals surface area contributed by atoms with Gasteiger partial charge in [0.25, 0.3) is 0 Å². The smallest absolute Gasteiger partial charge is 0.118 e. The highest BCUT2D eigenvalue weighted by molar-refractivity contribution is 4.90. The summed E-state index contributed by atoms with van der Waals surface area (Å²) in [7, 11) is 0. The van der Waals surface area contributed by atoms with Gasteiger partial charge in [-0.25, -0.2) is 0 Å². The molecule has 2 saturated carbocycles. The third-order valence-corrected chi connectivity index (χ3v) is 6.27. The zero-order valence-corrected chi connectivity index (χ0v) is 14.1. The number of hydrogen-bond donors (Lipinski definition) is 2. The van der Waals surface area contributed by atoms with Crippen LogP contribution >= 0.6 is 0 Å². The minimum atomic E-state index is -0.575. The maximum atomic E-state index is 11.0. The molecule has 3 fully saturated rings. The molecule has 0 atom stereocenters. The Hall–Kier alpha value is -0.160. The highest BCUT2D eigenvalue weighted by atomic mass is 16.3. The largest absolute Gasteiger partial charge is 0.376 e. The van der Waals surface area contributed by atoms with Gasteiger partial charge in [-0.1, -0.05) is 25.7 Å². The van der Waals surface area contributed by atoms with Crippen molar-refractivity contribution < 1.29 is 10.2 Å². The number of hydrogen-bond acceptors (Lipinski definition) is 4. The van der Waals surface area contributed by atoms with Crippen molar-refractivity contribution in [2.24, 2.45) is 0 Å². The summed E-state index contributed by atoms with van der Waals surface area (Å²) in [6.45, 7) is 3.61. The molecule has 22 heavy (non-hydrogen) atoms. The molecule has 1 heterocycles. The molecule has 1 saturated heterocycles. The number of rotatable bonds is 2. The van der Waals surface area contributed by atoms with E-state index < -0.39 is 11.4 Å². The van der Waals surface area contributed by atoms with E-state index in [1.807, 2.05) is 0 Å².